The number of rotatable bonds is 8. The van der Waals surface area contributed by atoms with E-state index in [4.69, 9.17) is 9.47 Å². The number of aromatic nitrogens is 2. The smallest absolute Gasteiger partial charge is 0.262 e. The minimum absolute atomic E-state index is 0.163. The molecule has 2 aromatic rings. The van der Waals surface area contributed by atoms with Crippen LogP contribution in [0, 0.1) is 13.8 Å². The SMILES string of the molecule is CCCCOc1ccc(S(=O)(=O)Nc2c(C)nc(N3CCOCC3)nc2C)cc1. The fourth-order valence-corrected chi connectivity index (χ4v) is 4.17. The standard InChI is InChI=1S/C20H28N4O4S/c1-4-5-12-28-17-6-8-18(9-7-17)29(25,26)23-19-15(2)21-20(22-16(19)3)24-10-13-27-14-11-24/h6-9,23H,4-5,10-14H2,1-3H3. The van der Waals surface area contributed by atoms with E-state index < -0.39 is 10.0 Å². The first-order chi connectivity index (χ1) is 13.9. The Morgan fingerprint density at radius 2 is 1.72 bits per heavy atom. The molecule has 1 fully saturated rings. The van der Waals surface area contributed by atoms with Gasteiger partial charge in [0.25, 0.3) is 10.0 Å². The molecule has 29 heavy (non-hydrogen) atoms. The number of nitrogens with zero attached hydrogens (tertiary/aromatic N) is 3. The maximum absolute atomic E-state index is 12.8. The minimum Gasteiger partial charge on any atom is -0.494 e. The van der Waals surface area contributed by atoms with Crippen LogP contribution in [0.4, 0.5) is 11.6 Å². The second-order valence-electron chi connectivity index (χ2n) is 6.95. The first kappa shape index (κ1) is 21.3. The molecule has 8 nitrogen and oxygen atoms in total. The third-order valence-electron chi connectivity index (χ3n) is 4.69. The van der Waals surface area contributed by atoms with Crippen LogP contribution in [-0.4, -0.2) is 51.3 Å². The zero-order chi connectivity index (χ0) is 20.9. The number of hydrogen-bond donors (Lipinski definition) is 1. The molecule has 1 aliphatic heterocycles. The zero-order valence-electron chi connectivity index (χ0n) is 17.1. The quantitative estimate of drug-likeness (QED) is 0.656. The van der Waals surface area contributed by atoms with Gasteiger partial charge in [0.1, 0.15) is 5.75 Å². The molecule has 0 bridgehead atoms. The summed E-state index contributed by atoms with van der Waals surface area (Å²) in [5.41, 5.74) is 1.58. The van der Waals surface area contributed by atoms with Crippen molar-refractivity contribution in [3.63, 3.8) is 0 Å². The van der Waals surface area contributed by atoms with Gasteiger partial charge in [0.15, 0.2) is 0 Å². The monoisotopic (exact) mass is 420 g/mol. The molecule has 2 heterocycles. The van der Waals surface area contributed by atoms with Gasteiger partial charge < -0.3 is 14.4 Å². The summed E-state index contributed by atoms with van der Waals surface area (Å²) in [6.45, 7) is 8.97. The van der Waals surface area contributed by atoms with Crippen LogP contribution < -0.4 is 14.4 Å². The predicted octanol–water partition coefficient (Wildman–Crippen LogP) is 2.91. The molecule has 9 heteroatoms. The van der Waals surface area contributed by atoms with Crippen molar-refractivity contribution in [1.29, 1.82) is 0 Å². The topological polar surface area (TPSA) is 93.7 Å². The summed E-state index contributed by atoms with van der Waals surface area (Å²) in [4.78, 5) is 11.2. The van der Waals surface area contributed by atoms with Crippen LogP contribution in [0.2, 0.25) is 0 Å². The lowest BCUT2D eigenvalue weighted by Gasteiger charge is -2.27. The first-order valence-electron chi connectivity index (χ1n) is 9.84. The molecule has 0 aliphatic carbocycles. The van der Waals surface area contributed by atoms with Crippen molar-refractivity contribution in [3.8, 4) is 5.75 Å². The van der Waals surface area contributed by atoms with E-state index in [0.717, 1.165) is 25.9 Å². The van der Waals surface area contributed by atoms with Crippen LogP contribution >= 0.6 is 0 Å². The highest BCUT2D eigenvalue weighted by atomic mass is 32.2. The summed E-state index contributed by atoms with van der Waals surface area (Å²) >= 11 is 0. The summed E-state index contributed by atoms with van der Waals surface area (Å²) < 4.78 is 39.2. The molecule has 0 saturated carbocycles. The number of morpholine rings is 1. The largest absolute Gasteiger partial charge is 0.494 e. The Kier molecular flexibility index (Phi) is 6.92. The van der Waals surface area contributed by atoms with Crippen molar-refractivity contribution in [2.45, 2.75) is 38.5 Å². The Morgan fingerprint density at radius 3 is 2.31 bits per heavy atom. The second-order valence-corrected chi connectivity index (χ2v) is 8.63. The van der Waals surface area contributed by atoms with Gasteiger partial charge in [-0.25, -0.2) is 18.4 Å². The number of sulfonamides is 1. The molecule has 1 N–H and O–H groups in total. The number of nitrogens with one attached hydrogen (secondary N) is 1. The van der Waals surface area contributed by atoms with E-state index in [2.05, 4.69) is 21.6 Å². The molecule has 1 aliphatic rings. The van der Waals surface area contributed by atoms with Gasteiger partial charge in [-0.15, -0.1) is 0 Å². The van der Waals surface area contributed by atoms with Crippen LogP contribution in [0.15, 0.2) is 29.2 Å². The van der Waals surface area contributed by atoms with Crippen LogP contribution in [-0.2, 0) is 14.8 Å². The van der Waals surface area contributed by atoms with E-state index in [1.54, 1.807) is 26.0 Å². The van der Waals surface area contributed by atoms with Gasteiger partial charge in [-0.1, -0.05) is 13.3 Å². The van der Waals surface area contributed by atoms with E-state index in [9.17, 15) is 8.42 Å². The molecular formula is C20H28N4O4S. The van der Waals surface area contributed by atoms with Crippen molar-refractivity contribution >= 4 is 21.7 Å². The molecule has 1 aromatic carbocycles. The lowest BCUT2D eigenvalue weighted by atomic mass is 10.3. The number of unbranched alkanes of at least 4 members (excludes halogenated alkanes) is 1. The van der Waals surface area contributed by atoms with E-state index >= 15 is 0 Å². The zero-order valence-corrected chi connectivity index (χ0v) is 18.0. The Hall–Kier alpha value is -2.39. The lowest BCUT2D eigenvalue weighted by molar-refractivity contribution is 0.122. The minimum atomic E-state index is -3.76. The predicted molar refractivity (Wildman–Crippen MR) is 112 cm³/mol. The van der Waals surface area contributed by atoms with E-state index in [0.29, 0.717) is 48.6 Å². The molecule has 0 spiro atoms. The van der Waals surface area contributed by atoms with Gasteiger partial charge in [0.2, 0.25) is 5.95 Å². The van der Waals surface area contributed by atoms with Crippen molar-refractivity contribution in [2.75, 3.05) is 42.5 Å². The summed E-state index contributed by atoms with van der Waals surface area (Å²) in [5.74, 6) is 1.25. The first-order valence-corrected chi connectivity index (χ1v) is 11.3. The van der Waals surface area contributed by atoms with Crippen molar-refractivity contribution in [1.82, 2.24) is 9.97 Å². The van der Waals surface area contributed by atoms with Crippen LogP contribution in [0.3, 0.4) is 0 Å². The molecule has 0 radical (unpaired) electrons. The molecule has 3 rings (SSSR count). The fourth-order valence-electron chi connectivity index (χ4n) is 2.99. The fraction of sp³-hybridized carbons (Fsp3) is 0.500. The van der Waals surface area contributed by atoms with Crippen LogP contribution in [0.1, 0.15) is 31.2 Å². The Balaban J connectivity index is 1.75. The van der Waals surface area contributed by atoms with Gasteiger partial charge in [-0.3, -0.25) is 4.72 Å². The molecule has 0 atom stereocenters. The highest BCUT2D eigenvalue weighted by Gasteiger charge is 2.21. The second kappa shape index (κ2) is 9.41. The average molecular weight is 421 g/mol. The third-order valence-corrected chi connectivity index (χ3v) is 6.06. The number of ether oxygens (including phenoxy) is 2. The lowest BCUT2D eigenvalue weighted by Crippen LogP contribution is -2.37. The maximum Gasteiger partial charge on any atom is 0.262 e. The number of hydrogen-bond acceptors (Lipinski definition) is 7. The number of benzene rings is 1. The Morgan fingerprint density at radius 1 is 1.10 bits per heavy atom. The van der Waals surface area contributed by atoms with E-state index in [-0.39, 0.29) is 4.90 Å². The van der Waals surface area contributed by atoms with Crippen molar-refractivity contribution in [3.05, 3.63) is 35.7 Å². The molecule has 158 valence electrons. The van der Waals surface area contributed by atoms with E-state index in [1.165, 1.54) is 12.1 Å². The molecule has 0 amide bonds. The molecule has 1 saturated heterocycles. The summed E-state index contributed by atoms with van der Waals surface area (Å²) in [5, 5.41) is 0. The van der Waals surface area contributed by atoms with Crippen LogP contribution in [0.5, 0.6) is 5.75 Å². The molecule has 0 unspecified atom stereocenters. The average Bonchev–Trinajstić information content (AvgIpc) is 2.72. The van der Waals surface area contributed by atoms with Gasteiger partial charge >= 0.3 is 0 Å². The third kappa shape index (κ3) is 5.36. The summed E-state index contributed by atoms with van der Waals surface area (Å²) in [6.07, 6.45) is 2.00. The van der Waals surface area contributed by atoms with Gasteiger partial charge in [0, 0.05) is 13.1 Å². The highest BCUT2D eigenvalue weighted by molar-refractivity contribution is 7.92. The van der Waals surface area contributed by atoms with Gasteiger partial charge in [-0.2, -0.15) is 0 Å². The van der Waals surface area contributed by atoms with Gasteiger partial charge in [-0.05, 0) is 44.5 Å². The van der Waals surface area contributed by atoms with Crippen molar-refractivity contribution in [2.24, 2.45) is 0 Å². The molecular weight excluding hydrogens is 392 g/mol. The summed E-state index contributed by atoms with van der Waals surface area (Å²) in [7, 11) is -3.76. The highest BCUT2D eigenvalue weighted by Crippen LogP contribution is 2.25. The number of anilines is 2. The normalized spacial score (nSPS) is 14.7. The maximum atomic E-state index is 12.8. The summed E-state index contributed by atoms with van der Waals surface area (Å²) in [6, 6.07) is 6.42. The molecule has 1 aromatic heterocycles. The van der Waals surface area contributed by atoms with Crippen LogP contribution in [0.25, 0.3) is 0 Å². The van der Waals surface area contributed by atoms with E-state index in [1.807, 2.05) is 4.90 Å². The number of aryl methyl sites for hydroxylation is 2. The van der Waals surface area contributed by atoms with Crippen molar-refractivity contribution < 1.29 is 17.9 Å². The van der Waals surface area contributed by atoms with Gasteiger partial charge in [0.05, 0.1) is 41.8 Å². The Labute approximate surface area is 172 Å². The Bertz CT molecular complexity index is 903.